The fourth-order valence-corrected chi connectivity index (χ4v) is 0. The van der Waals surface area contributed by atoms with Crippen LogP contribution in [0.2, 0.25) is 0 Å². The van der Waals surface area contributed by atoms with Gasteiger partial charge in [-0.1, -0.05) is 0 Å². The predicted molar refractivity (Wildman–Crippen MR) is 18.8 cm³/mol. The van der Waals surface area contributed by atoms with Crippen LogP contribution in [-0.2, 0) is 10.3 Å². The van der Waals surface area contributed by atoms with Crippen molar-refractivity contribution in [3.05, 3.63) is 0 Å². The topological polar surface area (TPSA) is 69.2 Å². The van der Waals surface area contributed by atoms with E-state index in [4.69, 9.17) is 0 Å². The molecule has 0 saturated heterocycles. The molecule has 0 spiro atoms. The summed E-state index contributed by atoms with van der Waals surface area (Å²) in [5.74, 6) is 0. The number of hydrogen-bond acceptors (Lipinski definition) is 3. The summed E-state index contributed by atoms with van der Waals surface area (Å²) in [6, 6.07) is 0. The van der Waals surface area contributed by atoms with E-state index in [1.54, 1.807) is 0 Å². The van der Waals surface area contributed by atoms with Crippen molar-refractivity contribution in [2.45, 2.75) is 0 Å². The monoisotopic (exact) mass is 117 g/mol. The van der Waals surface area contributed by atoms with Crippen molar-refractivity contribution >= 4 is 10.3 Å². The Morgan fingerprint density at radius 2 is 1.71 bits per heavy atom. The van der Waals surface area contributed by atoms with Crippen molar-refractivity contribution in [2.75, 3.05) is 7.05 Å². The zero-order chi connectivity index (χ0) is 5.21. The van der Waals surface area contributed by atoms with E-state index in [9.17, 15) is 13.0 Å². The predicted octanol–water partition coefficient (Wildman–Crippen LogP) is -4.33. The molecule has 7 heavy (non-hydrogen) atoms. The molecular formula is CH4LiNO3S. The van der Waals surface area contributed by atoms with Crippen LogP contribution in [0.25, 0.3) is 0 Å². The maximum absolute atomic E-state index is 9.33. The summed E-state index contributed by atoms with van der Waals surface area (Å²) >= 11 is 0. The van der Waals surface area contributed by atoms with E-state index in [-0.39, 0.29) is 18.9 Å². The second kappa shape index (κ2) is 3.47. The van der Waals surface area contributed by atoms with Crippen molar-refractivity contribution in [2.24, 2.45) is 0 Å². The van der Waals surface area contributed by atoms with Gasteiger partial charge in [0.1, 0.15) is 0 Å². The molecule has 0 heterocycles. The molecule has 1 N–H and O–H groups in total. The van der Waals surface area contributed by atoms with Crippen LogP contribution < -0.4 is 23.6 Å². The summed E-state index contributed by atoms with van der Waals surface area (Å²) in [5.41, 5.74) is 0. The molecule has 4 nitrogen and oxygen atoms in total. The molecule has 0 fully saturated rings. The largest absolute Gasteiger partial charge is 1.00 e. The second-order valence-corrected chi connectivity index (χ2v) is 1.97. The molecule has 0 amide bonds. The van der Waals surface area contributed by atoms with E-state index in [0.29, 0.717) is 0 Å². The molecule has 0 saturated carbocycles. The normalized spacial score (nSPS) is 10.0. The van der Waals surface area contributed by atoms with Gasteiger partial charge in [0.25, 0.3) is 0 Å². The number of hydrogen-bond donors (Lipinski definition) is 1. The average Bonchev–Trinajstić information content (AvgIpc) is 1.35. The zero-order valence-electron chi connectivity index (χ0n) is 4.13. The van der Waals surface area contributed by atoms with Gasteiger partial charge in [0, 0.05) is 0 Å². The molecule has 0 aliphatic heterocycles. The summed E-state index contributed by atoms with van der Waals surface area (Å²) in [4.78, 5) is 0. The molecule has 0 bridgehead atoms. The number of rotatable bonds is 1. The molecule has 0 aromatic heterocycles. The summed E-state index contributed by atoms with van der Waals surface area (Å²) in [5, 5.41) is 0. The summed E-state index contributed by atoms with van der Waals surface area (Å²) in [6.45, 7) is 0. The zero-order valence-corrected chi connectivity index (χ0v) is 4.95. The quantitative estimate of drug-likeness (QED) is 0.279. The second-order valence-electron chi connectivity index (χ2n) is 0.658. The Morgan fingerprint density at radius 1 is 1.57 bits per heavy atom. The van der Waals surface area contributed by atoms with Gasteiger partial charge >= 0.3 is 18.9 Å². The maximum atomic E-state index is 9.33. The van der Waals surface area contributed by atoms with Crippen LogP contribution in [0, 0.1) is 0 Å². The first-order valence-electron chi connectivity index (χ1n) is 1.20. The SMILES string of the molecule is CNS(=O)(=O)[O-].[Li+]. The summed E-state index contributed by atoms with van der Waals surface area (Å²) < 4.78 is 29.5. The van der Waals surface area contributed by atoms with Crippen LogP contribution in [0.15, 0.2) is 0 Å². The average molecular weight is 117 g/mol. The Balaban J connectivity index is 0. The van der Waals surface area contributed by atoms with Gasteiger partial charge < -0.3 is 4.55 Å². The summed E-state index contributed by atoms with van der Waals surface area (Å²) in [6.07, 6.45) is 0. The minimum absolute atomic E-state index is 0. The van der Waals surface area contributed by atoms with Crippen LogP contribution in [0.5, 0.6) is 0 Å². The fraction of sp³-hybridized carbons (Fsp3) is 1.00. The molecule has 6 heteroatoms. The molecular weight excluding hydrogens is 113 g/mol. The van der Waals surface area contributed by atoms with Gasteiger partial charge in [-0.15, -0.1) is 0 Å². The van der Waals surface area contributed by atoms with E-state index < -0.39 is 10.3 Å². The minimum atomic E-state index is -4.16. The van der Waals surface area contributed by atoms with Crippen molar-refractivity contribution in [1.82, 2.24) is 4.72 Å². The van der Waals surface area contributed by atoms with Gasteiger partial charge in [0.05, 0.1) is 0 Å². The van der Waals surface area contributed by atoms with Gasteiger partial charge in [-0.25, -0.2) is 13.1 Å². The Bertz CT molecular complexity index is 117. The molecule has 0 atom stereocenters. The molecule has 0 aromatic carbocycles. The van der Waals surface area contributed by atoms with Crippen LogP contribution in [0.4, 0.5) is 0 Å². The van der Waals surface area contributed by atoms with E-state index in [0.717, 1.165) is 7.05 Å². The first kappa shape index (κ1) is 10.4. The first-order chi connectivity index (χ1) is 2.56. The van der Waals surface area contributed by atoms with Crippen LogP contribution in [-0.4, -0.2) is 20.0 Å². The Hall–Kier alpha value is 0.467. The van der Waals surface area contributed by atoms with E-state index in [1.165, 1.54) is 4.72 Å². The van der Waals surface area contributed by atoms with Crippen LogP contribution >= 0.6 is 0 Å². The Kier molecular flexibility index (Phi) is 5.18. The third kappa shape index (κ3) is 10.7. The van der Waals surface area contributed by atoms with E-state index in [1.807, 2.05) is 0 Å². The van der Waals surface area contributed by atoms with E-state index in [2.05, 4.69) is 0 Å². The number of nitrogens with one attached hydrogen (secondary N) is 1. The smallest absolute Gasteiger partial charge is 0.735 e. The standard InChI is InChI=1S/CH5NO3S.Li/c1-2-6(3,4)5;/h2H,1H3,(H,3,4,5);/q;+1/p-1. The Labute approximate surface area is 54.4 Å². The molecule has 0 radical (unpaired) electrons. The van der Waals surface area contributed by atoms with Crippen LogP contribution in [0.3, 0.4) is 0 Å². The third-order valence-electron chi connectivity index (χ3n) is 0.250. The van der Waals surface area contributed by atoms with Gasteiger partial charge in [-0.3, -0.25) is 0 Å². The van der Waals surface area contributed by atoms with E-state index >= 15 is 0 Å². The minimum Gasteiger partial charge on any atom is -0.735 e. The maximum Gasteiger partial charge on any atom is 1.00 e. The molecule has 0 unspecified atom stereocenters. The van der Waals surface area contributed by atoms with Gasteiger partial charge in [-0.05, 0) is 7.05 Å². The van der Waals surface area contributed by atoms with Crippen molar-refractivity contribution in [3.63, 3.8) is 0 Å². The fourth-order valence-electron chi connectivity index (χ4n) is 0. The van der Waals surface area contributed by atoms with Crippen molar-refractivity contribution < 1.29 is 31.8 Å². The van der Waals surface area contributed by atoms with Crippen molar-refractivity contribution in [1.29, 1.82) is 0 Å². The van der Waals surface area contributed by atoms with Gasteiger partial charge in [0.15, 0.2) is 10.3 Å². The van der Waals surface area contributed by atoms with Gasteiger partial charge in [-0.2, -0.15) is 0 Å². The molecule has 0 rings (SSSR count). The van der Waals surface area contributed by atoms with Gasteiger partial charge in [0.2, 0.25) is 0 Å². The summed E-state index contributed by atoms with van der Waals surface area (Å²) in [7, 11) is -3.10. The Morgan fingerprint density at radius 3 is 1.71 bits per heavy atom. The molecule has 0 aliphatic carbocycles. The molecule has 0 aromatic rings. The van der Waals surface area contributed by atoms with Crippen molar-refractivity contribution in [3.8, 4) is 0 Å². The third-order valence-corrected chi connectivity index (χ3v) is 0.750. The first-order valence-corrected chi connectivity index (χ1v) is 2.61. The van der Waals surface area contributed by atoms with Crippen LogP contribution in [0.1, 0.15) is 0 Å². The molecule has 38 valence electrons. The molecule has 0 aliphatic rings.